The van der Waals surface area contributed by atoms with Crippen LogP contribution in [-0.2, 0) is 0 Å². The molecule has 0 N–H and O–H groups in total. The van der Waals surface area contributed by atoms with Gasteiger partial charge in [-0.15, -0.1) is 0 Å². The Balaban J connectivity index is 1.69. The van der Waals surface area contributed by atoms with Gasteiger partial charge in [0, 0.05) is 0 Å². The highest BCUT2D eigenvalue weighted by molar-refractivity contribution is 5.32. The number of allylic oxidation sites excluding steroid dienone is 2. The van der Waals surface area contributed by atoms with E-state index < -0.39 is 0 Å². The van der Waals surface area contributed by atoms with E-state index in [4.69, 9.17) is 4.74 Å². The van der Waals surface area contributed by atoms with Crippen LogP contribution in [-0.4, -0.2) is 6.61 Å². The summed E-state index contributed by atoms with van der Waals surface area (Å²) >= 11 is 0. The predicted octanol–water partition coefficient (Wildman–Crippen LogP) is 10.3. The van der Waals surface area contributed by atoms with E-state index in [0.29, 0.717) is 23.7 Å². The summed E-state index contributed by atoms with van der Waals surface area (Å²) in [5, 5.41) is 0. The zero-order valence-electron chi connectivity index (χ0n) is 21.6. The smallest absolute Gasteiger partial charge is 0.165 e. The number of ether oxygens (including phenoxy) is 1. The van der Waals surface area contributed by atoms with Gasteiger partial charge in [0.2, 0.25) is 0 Å². The molecule has 0 spiro atoms. The molecule has 186 valence electrons. The number of hydrogen-bond acceptors (Lipinski definition) is 1. The van der Waals surface area contributed by atoms with E-state index >= 15 is 4.39 Å². The molecule has 1 nitrogen and oxygen atoms in total. The van der Waals surface area contributed by atoms with Crippen LogP contribution in [0.15, 0.2) is 29.8 Å². The molecule has 1 saturated carbocycles. The lowest BCUT2D eigenvalue weighted by Crippen LogP contribution is -2.25. The molecule has 1 aromatic rings. The van der Waals surface area contributed by atoms with Crippen LogP contribution in [0.3, 0.4) is 0 Å². The average molecular weight is 457 g/mol. The Morgan fingerprint density at radius 1 is 0.939 bits per heavy atom. The number of hydrogen-bond donors (Lipinski definition) is 0. The highest BCUT2D eigenvalue weighted by Gasteiger charge is 2.32. The van der Waals surface area contributed by atoms with Gasteiger partial charge in [0.05, 0.1) is 6.61 Å². The van der Waals surface area contributed by atoms with Crippen LogP contribution in [0.5, 0.6) is 5.75 Å². The molecule has 0 radical (unpaired) electrons. The van der Waals surface area contributed by atoms with Crippen molar-refractivity contribution in [3.63, 3.8) is 0 Å². The minimum atomic E-state index is -0.174. The van der Waals surface area contributed by atoms with Crippen molar-refractivity contribution in [1.29, 1.82) is 0 Å². The van der Waals surface area contributed by atoms with Crippen LogP contribution in [0.25, 0.3) is 0 Å². The Bertz CT molecular complexity index is 710. The fourth-order valence-electron chi connectivity index (χ4n) is 6.33. The summed E-state index contributed by atoms with van der Waals surface area (Å²) in [6.45, 7) is 5.17. The summed E-state index contributed by atoms with van der Waals surface area (Å²) in [6.07, 6.45) is 25.4. The van der Waals surface area contributed by atoms with E-state index in [1.807, 2.05) is 6.07 Å². The van der Waals surface area contributed by atoms with Crippen molar-refractivity contribution in [2.75, 3.05) is 6.61 Å². The summed E-state index contributed by atoms with van der Waals surface area (Å²) < 4.78 is 20.8. The van der Waals surface area contributed by atoms with Gasteiger partial charge in [-0.05, 0) is 99.7 Å². The molecule has 1 unspecified atom stereocenters. The van der Waals surface area contributed by atoms with E-state index in [1.54, 1.807) is 11.6 Å². The normalized spacial score (nSPS) is 19.2. The molecule has 2 aliphatic carbocycles. The molecule has 0 amide bonds. The zero-order chi connectivity index (χ0) is 23.4. The second kappa shape index (κ2) is 14.2. The molecule has 2 aliphatic rings. The third kappa shape index (κ3) is 8.45. The number of unbranched alkanes of at least 4 members (excludes halogenated alkanes) is 3. The summed E-state index contributed by atoms with van der Waals surface area (Å²) in [5.74, 6) is 0.685. The van der Waals surface area contributed by atoms with Crippen LogP contribution in [0.2, 0.25) is 0 Å². The van der Waals surface area contributed by atoms with Crippen molar-refractivity contribution >= 4 is 0 Å². The maximum Gasteiger partial charge on any atom is 0.165 e. The van der Waals surface area contributed by atoms with Crippen LogP contribution >= 0.6 is 0 Å². The first-order chi connectivity index (χ1) is 16.2. The van der Waals surface area contributed by atoms with Gasteiger partial charge >= 0.3 is 0 Å². The standard InChI is InChI=1S/C31H49FO/c1-3-5-6-13-23-33-30-17-16-27(25-29(30)32)28(24-26-14-9-7-10-15-26)18-22-31(19-4-2)20-11-8-12-21-31/h14,16-17,25,28H,3-13,15,18-24H2,1-2H3. The molecular weight excluding hydrogens is 407 g/mol. The van der Waals surface area contributed by atoms with Crippen molar-refractivity contribution in [1.82, 2.24) is 0 Å². The van der Waals surface area contributed by atoms with Crippen molar-refractivity contribution in [2.24, 2.45) is 5.41 Å². The second-order valence-electron chi connectivity index (χ2n) is 11.0. The molecule has 1 aromatic carbocycles. The average Bonchev–Trinajstić information content (AvgIpc) is 2.84. The number of halogens is 1. The molecule has 33 heavy (non-hydrogen) atoms. The fraction of sp³-hybridized carbons (Fsp3) is 0.742. The highest BCUT2D eigenvalue weighted by atomic mass is 19.1. The van der Waals surface area contributed by atoms with Gasteiger partial charge in [-0.3, -0.25) is 0 Å². The molecule has 0 bridgehead atoms. The molecule has 1 fully saturated rings. The topological polar surface area (TPSA) is 9.23 Å². The summed E-state index contributed by atoms with van der Waals surface area (Å²) in [5.41, 5.74) is 3.32. The first kappa shape index (κ1) is 26.3. The molecule has 0 heterocycles. The van der Waals surface area contributed by atoms with Crippen LogP contribution < -0.4 is 4.74 Å². The highest BCUT2D eigenvalue weighted by Crippen LogP contribution is 2.46. The maximum atomic E-state index is 15.0. The molecular formula is C31H49FO. The molecule has 2 heteroatoms. The van der Waals surface area contributed by atoms with E-state index in [9.17, 15) is 0 Å². The summed E-state index contributed by atoms with van der Waals surface area (Å²) in [7, 11) is 0. The second-order valence-corrected chi connectivity index (χ2v) is 11.0. The van der Waals surface area contributed by atoms with Gasteiger partial charge in [-0.25, -0.2) is 4.39 Å². The minimum absolute atomic E-state index is 0.174. The number of benzene rings is 1. The SMILES string of the molecule is CCCCCCOc1ccc(C(CCC2(CCC)CCCCC2)CC2=CCCCC2)cc1F. The van der Waals surface area contributed by atoms with Crippen LogP contribution in [0, 0.1) is 11.2 Å². The van der Waals surface area contributed by atoms with Gasteiger partial charge in [0.25, 0.3) is 0 Å². The Morgan fingerprint density at radius 3 is 2.48 bits per heavy atom. The molecule has 1 atom stereocenters. The third-order valence-electron chi connectivity index (χ3n) is 8.29. The van der Waals surface area contributed by atoms with E-state index in [2.05, 4.69) is 26.0 Å². The first-order valence-electron chi connectivity index (χ1n) is 14.3. The lowest BCUT2D eigenvalue weighted by molar-refractivity contribution is 0.147. The Labute approximate surface area is 203 Å². The maximum absolute atomic E-state index is 15.0. The van der Waals surface area contributed by atoms with Gasteiger partial charge in [-0.2, -0.15) is 0 Å². The fourth-order valence-corrected chi connectivity index (χ4v) is 6.33. The largest absolute Gasteiger partial charge is 0.491 e. The third-order valence-corrected chi connectivity index (χ3v) is 8.29. The molecule has 3 rings (SSSR count). The monoisotopic (exact) mass is 456 g/mol. The lowest BCUT2D eigenvalue weighted by Gasteiger charge is -2.38. The zero-order valence-corrected chi connectivity index (χ0v) is 21.6. The van der Waals surface area contributed by atoms with E-state index in [-0.39, 0.29) is 5.82 Å². The van der Waals surface area contributed by atoms with Crippen molar-refractivity contribution < 1.29 is 9.13 Å². The Morgan fingerprint density at radius 2 is 1.79 bits per heavy atom. The van der Waals surface area contributed by atoms with Crippen molar-refractivity contribution in [3.8, 4) is 5.75 Å². The Hall–Kier alpha value is -1.31. The van der Waals surface area contributed by atoms with Gasteiger partial charge in [0.15, 0.2) is 11.6 Å². The summed E-state index contributed by atoms with van der Waals surface area (Å²) in [4.78, 5) is 0. The quantitative estimate of drug-likeness (QED) is 0.200. The van der Waals surface area contributed by atoms with Gasteiger partial charge in [0.1, 0.15) is 0 Å². The van der Waals surface area contributed by atoms with Crippen molar-refractivity contribution in [3.05, 3.63) is 41.2 Å². The van der Waals surface area contributed by atoms with E-state index in [0.717, 1.165) is 19.3 Å². The minimum Gasteiger partial charge on any atom is -0.491 e. The van der Waals surface area contributed by atoms with Gasteiger partial charge in [-0.1, -0.05) is 76.5 Å². The van der Waals surface area contributed by atoms with Crippen molar-refractivity contribution in [2.45, 2.75) is 135 Å². The molecule has 0 aliphatic heterocycles. The molecule has 0 saturated heterocycles. The molecule has 0 aromatic heterocycles. The van der Waals surface area contributed by atoms with Gasteiger partial charge < -0.3 is 4.74 Å². The van der Waals surface area contributed by atoms with Crippen LogP contribution in [0.4, 0.5) is 4.39 Å². The predicted molar refractivity (Wildman–Crippen MR) is 140 cm³/mol. The lowest BCUT2D eigenvalue weighted by atomic mass is 9.67. The number of rotatable bonds is 14. The van der Waals surface area contributed by atoms with E-state index in [1.165, 1.54) is 102 Å². The summed E-state index contributed by atoms with van der Waals surface area (Å²) in [6, 6.07) is 5.85. The Kier molecular flexibility index (Phi) is 11.3. The first-order valence-corrected chi connectivity index (χ1v) is 14.3. The van der Waals surface area contributed by atoms with Crippen LogP contribution in [0.1, 0.15) is 141 Å².